The molecule has 0 spiro atoms. The van der Waals surface area contributed by atoms with Gasteiger partial charge in [0, 0.05) is 12.6 Å². The lowest BCUT2D eigenvalue weighted by molar-refractivity contribution is -0.130. The number of aromatic nitrogens is 2. The van der Waals surface area contributed by atoms with Gasteiger partial charge in [-0.1, -0.05) is 30.1 Å². The summed E-state index contributed by atoms with van der Waals surface area (Å²) in [6.45, 7) is 3.69. The molecule has 0 aromatic carbocycles. The summed E-state index contributed by atoms with van der Waals surface area (Å²) in [5, 5.41) is 3.53. The molecule has 0 aliphatic carbocycles. The van der Waals surface area contributed by atoms with Crippen molar-refractivity contribution in [3.63, 3.8) is 0 Å². The minimum atomic E-state index is -1.15. The Labute approximate surface area is 127 Å². The maximum atomic E-state index is 11.3. The summed E-state index contributed by atoms with van der Waals surface area (Å²) in [5.41, 5.74) is 0.619. The van der Waals surface area contributed by atoms with E-state index in [4.69, 9.17) is 28.0 Å². The fourth-order valence-electron chi connectivity index (χ4n) is 1.84. The highest BCUT2D eigenvalue weighted by molar-refractivity contribution is 6.65. The molecule has 5 nitrogen and oxygen atoms in total. The van der Waals surface area contributed by atoms with E-state index in [1.807, 2.05) is 0 Å². The van der Waals surface area contributed by atoms with Crippen LogP contribution < -0.4 is 0 Å². The summed E-state index contributed by atoms with van der Waals surface area (Å²) in [4.78, 5) is 25.0. The van der Waals surface area contributed by atoms with Gasteiger partial charge in [0.25, 0.3) is 5.24 Å². The molecule has 2 rings (SSSR count). The number of aryl methyl sites for hydroxylation is 1. The molecule has 1 aliphatic rings. The SMILES string of the molecule is CCCCc1cnc(C2=NO[C@@](C)(C(=O)Cl)C2)c(Cl)n1. The van der Waals surface area contributed by atoms with Crippen molar-refractivity contribution in [2.24, 2.45) is 5.16 Å². The summed E-state index contributed by atoms with van der Waals surface area (Å²) >= 11 is 11.6. The smallest absolute Gasteiger partial charge is 0.268 e. The van der Waals surface area contributed by atoms with Gasteiger partial charge in [0.2, 0.25) is 5.60 Å². The van der Waals surface area contributed by atoms with Crippen LogP contribution in [-0.4, -0.2) is 26.5 Å². The molecule has 0 saturated carbocycles. The van der Waals surface area contributed by atoms with Crippen molar-refractivity contribution in [2.75, 3.05) is 0 Å². The Morgan fingerprint density at radius 1 is 1.55 bits per heavy atom. The monoisotopic (exact) mass is 315 g/mol. The second-order valence-electron chi connectivity index (χ2n) is 4.91. The van der Waals surface area contributed by atoms with Gasteiger partial charge in [-0.15, -0.1) is 0 Å². The second kappa shape index (κ2) is 6.06. The van der Waals surface area contributed by atoms with Gasteiger partial charge >= 0.3 is 0 Å². The van der Waals surface area contributed by atoms with Gasteiger partial charge in [0.15, 0.2) is 5.15 Å². The molecular formula is C13H15Cl2N3O2. The van der Waals surface area contributed by atoms with Crippen LogP contribution in [0.4, 0.5) is 0 Å². The number of unbranched alkanes of at least 4 members (excludes halogenated alkanes) is 1. The summed E-state index contributed by atoms with van der Waals surface area (Å²) < 4.78 is 0. The first kappa shape index (κ1) is 15.2. The Kier molecular flexibility index (Phi) is 4.60. The summed E-state index contributed by atoms with van der Waals surface area (Å²) in [5.74, 6) is 0. The highest BCUT2D eigenvalue weighted by Gasteiger charge is 2.42. The third-order valence-corrected chi connectivity index (χ3v) is 3.78. The van der Waals surface area contributed by atoms with E-state index in [0.29, 0.717) is 11.4 Å². The fourth-order valence-corrected chi connectivity index (χ4v) is 2.21. The number of halogens is 2. The first-order valence-corrected chi connectivity index (χ1v) is 7.18. The minimum absolute atomic E-state index is 0.234. The van der Waals surface area contributed by atoms with Crippen LogP contribution in [0.1, 0.15) is 44.5 Å². The highest BCUT2D eigenvalue weighted by Crippen LogP contribution is 2.29. The lowest BCUT2D eigenvalue weighted by atomic mass is 10.00. The molecule has 2 heterocycles. The van der Waals surface area contributed by atoms with Gasteiger partial charge in [0.1, 0.15) is 11.4 Å². The van der Waals surface area contributed by atoms with E-state index in [0.717, 1.165) is 25.0 Å². The largest absolute Gasteiger partial charge is 0.379 e. The molecular weight excluding hydrogens is 301 g/mol. The molecule has 7 heteroatoms. The van der Waals surface area contributed by atoms with Gasteiger partial charge in [-0.3, -0.25) is 4.79 Å². The maximum Gasteiger partial charge on any atom is 0.268 e. The van der Waals surface area contributed by atoms with Gasteiger partial charge in [0.05, 0.1) is 5.69 Å². The summed E-state index contributed by atoms with van der Waals surface area (Å²) in [6, 6.07) is 0. The topological polar surface area (TPSA) is 64.4 Å². The number of carbonyl (C=O) groups is 1. The summed E-state index contributed by atoms with van der Waals surface area (Å²) in [6.07, 6.45) is 4.87. The Balaban J connectivity index is 2.17. The van der Waals surface area contributed by atoms with Crippen LogP contribution in [0, 0.1) is 0 Å². The average molecular weight is 316 g/mol. The van der Waals surface area contributed by atoms with Crippen molar-refractivity contribution < 1.29 is 9.63 Å². The van der Waals surface area contributed by atoms with Gasteiger partial charge in [-0.2, -0.15) is 0 Å². The maximum absolute atomic E-state index is 11.3. The van der Waals surface area contributed by atoms with Crippen LogP contribution >= 0.6 is 23.2 Å². The molecule has 0 radical (unpaired) electrons. The van der Waals surface area contributed by atoms with Crippen LogP contribution in [-0.2, 0) is 16.1 Å². The van der Waals surface area contributed by atoms with E-state index in [2.05, 4.69) is 22.0 Å². The highest BCUT2D eigenvalue weighted by atomic mass is 35.5. The van der Waals surface area contributed by atoms with Crippen LogP contribution in [0.2, 0.25) is 5.15 Å². The van der Waals surface area contributed by atoms with Crippen LogP contribution in [0.25, 0.3) is 0 Å². The van der Waals surface area contributed by atoms with Crippen molar-refractivity contribution in [2.45, 2.75) is 45.1 Å². The fraction of sp³-hybridized carbons (Fsp3) is 0.538. The standard InChI is InChI=1S/C13H15Cl2N3O2/c1-3-4-5-8-7-16-10(11(14)17-8)9-6-13(2,12(15)19)20-18-9/h7H,3-6H2,1-2H3/t13-/m1/s1. The third kappa shape index (κ3) is 3.10. The number of rotatable bonds is 5. The van der Waals surface area contributed by atoms with E-state index in [-0.39, 0.29) is 11.6 Å². The first-order chi connectivity index (χ1) is 9.46. The van der Waals surface area contributed by atoms with Crippen LogP contribution in [0.3, 0.4) is 0 Å². The minimum Gasteiger partial charge on any atom is -0.379 e. The normalized spacial score (nSPS) is 21.5. The van der Waals surface area contributed by atoms with Crippen molar-refractivity contribution in [1.82, 2.24) is 9.97 Å². The van der Waals surface area contributed by atoms with E-state index >= 15 is 0 Å². The molecule has 1 atom stereocenters. The Morgan fingerprint density at radius 2 is 2.30 bits per heavy atom. The summed E-state index contributed by atoms with van der Waals surface area (Å²) in [7, 11) is 0. The molecule has 1 aliphatic heterocycles. The molecule has 0 saturated heterocycles. The molecule has 1 aromatic rings. The molecule has 0 N–H and O–H groups in total. The molecule has 0 fully saturated rings. The zero-order valence-electron chi connectivity index (χ0n) is 11.3. The van der Waals surface area contributed by atoms with E-state index in [1.165, 1.54) is 0 Å². The Morgan fingerprint density at radius 3 is 2.85 bits per heavy atom. The number of carbonyl (C=O) groups excluding carboxylic acids is 1. The van der Waals surface area contributed by atoms with Crippen molar-refractivity contribution in [3.05, 3.63) is 22.7 Å². The number of hydrogen-bond acceptors (Lipinski definition) is 5. The number of nitrogens with zero attached hydrogens (tertiary/aromatic N) is 3. The van der Waals surface area contributed by atoms with E-state index < -0.39 is 10.8 Å². The Hall–Kier alpha value is -1.20. The van der Waals surface area contributed by atoms with Gasteiger partial charge in [-0.05, 0) is 31.4 Å². The molecule has 20 heavy (non-hydrogen) atoms. The molecule has 0 amide bonds. The molecule has 108 valence electrons. The van der Waals surface area contributed by atoms with Crippen molar-refractivity contribution >= 4 is 34.2 Å². The van der Waals surface area contributed by atoms with E-state index in [9.17, 15) is 4.79 Å². The van der Waals surface area contributed by atoms with Crippen LogP contribution in [0.15, 0.2) is 11.4 Å². The molecule has 0 unspecified atom stereocenters. The second-order valence-corrected chi connectivity index (χ2v) is 5.62. The van der Waals surface area contributed by atoms with Crippen molar-refractivity contribution in [3.8, 4) is 0 Å². The third-order valence-electron chi connectivity index (χ3n) is 3.12. The van der Waals surface area contributed by atoms with Gasteiger partial charge in [-0.25, -0.2) is 9.97 Å². The lowest BCUT2D eigenvalue weighted by Gasteiger charge is -2.14. The number of hydrogen-bond donors (Lipinski definition) is 0. The first-order valence-electron chi connectivity index (χ1n) is 6.43. The predicted octanol–water partition coefficient (Wildman–Crippen LogP) is 3.12. The number of oxime groups is 1. The quantitative estimate of drug-likeness (QED) is 0.783. The Bertz CT molecular complexity index is 563. The van der Waals surface area contributed by atoms with Crippen molar-refractivity contribution in [1.29, 1.82) is 0 Å². The zero-order chi connectivity index (χ0) is 14.8. The van der Waals surface area contributed by atoms with Gasteiger partial charge < -0.3 is 4.84 Å². The zero-order valence-corrected chi connectivity index (χ0v) is 12.8. The van der Waals surface area contributed by atoms with E-state index in [1.54, 1.807) is 13.1 Å². The van der Waals surface area contributed by atoms with Crippen LogP contribution in [0.5, 0.6) is 0 Å². The average Bonchev–Trinajstić information content (AvgIpc) is 2.80. The molecule has 0 bridgehead atoms. The predicted molar refractivity (Wildman–Crippen MR) is 77.2 cm³/mol. The molecule has 1 aromatic heterocycles. The lowest BCUT2D eigenvalue weighted by Crippen LogP contribution is -2.32.